The van der Waals surface area contributed by atoms with Gasteiger partial charge in [0.2, 0.25) is 0 Å². The second-order valence-corrected chi connectivity index (χ2v) is 4.10. The van der Waals surface area contributed by atoms with Crippen LogP contribution in [-0.4, -0.2) is 41.9 Å². The molecule has 0 aromatic heterocycles. The van der Waals surface area contributed by atoms with Crippen LogP contribution in [0.15, 0.2) is 5.10 Å². The summed E-state index contributed by atoms with van der Waals surface area (Å²) in [6, 6.07) is 0.522. The van der Waals surface area contributed by atoms with E-state index in [9.17, 15) is 0 Å². The molecule has 0 aliphatic carbocycles. The van der Waals surface area contributed by atoms with Gasteiger partial charge in [-0.15, -0.1) is 0 Å². The molecule has 0 spiro atoms. The zero-order chi connectivity index (χ0) is 7.68. The minimum Gasteiger partial charge on any atom is -0.379 e. The second kappa shape index (κ2) is 3.11. The van der Waals surface area contributed by atoms with Gasteiger partial charge in [0, 0.05) is 12.8 Å². The summed E-state index contributed by atoms with van der Waals surface area (Å²) in [6.07, 6.45) is 3.06. The molecule has 0 aromatic carbocycles. The maximum atomic E-state index is 5.27. The predicted molar refractivity (Wildman–Crippen MR) is 47.1 cm³/mol. The van der Waals surface area contributed by atoms with Crippen molar-refractivity contribution in [3.63, 3.8) is 0 Å². The topological polar surface area (TPSA) is 24.8 Å². The van der Waals surface area contributed by atoms with Gasteiger partial charge >= 0.3 is 0 Å². The molecule has 0 saturated carbocycles. The van der Waals surface area contributed by atoms with Gasteiger partial charge in [-0.2, -0.15) is 5.10 Å². The van der Waals surface area contributed by atoms with Crippen molar-refractivity contribution in [1.82, 2.24) is 5.01 Å². The van der Waals surface area contributed by atoms with Crippen molar-refractivity contribution in [1.29, 1.82) is 0 Å². The third-order valence-corrected chi connectivity index (χ3v) is 2.59. The molecule has 2 heterocycles. The standard InChI is InChI=1S/C7H11BrN2O/c8-6-3-9-10(4-6)7-1-2-11-5-7/h3,6-7H,1-2,4-5H2/t6?,7-/m0/s1. The monoisotopic (exact) mass is 218 g/mol. The molecule has 11 heavy (non-hydrogen) atoms. The van der Waals surface area contributed by atoms with Crippen LogP contribution in [0.25, 0.3) is 0 Å². The van der Waals surface area contributed by atoms with Crippen molar-refractivity contribution in [2.24, 2.45) is 5.10 Å². The third kappa shape index (κ3) is 1.56. The highest BCUT2D eigenvalue weighted by molar-refractivity contribution is 9.10. The van der Waals surface area contributed by atoms with Gasteiger partial charge in [-0.3, -0.25) is 5.01 Å². The van der Waals surface area contributed by atoms with Crippen molar-refractivity contribution in [2.45, 2.75) is 17.3 Å². The van der Waals surface area contributed by atoms with Crippen LogP contribution < -0.4 is 0 Å². The predicted octanol–water partition coefficient (Wildman–Crippen LogP) is 0.840. The molecule has 0 radical (unpaired) electrons. The summed E-state index contributed by atoms with van der Waals surface area (Å²) in [5.74, 6) is 0. The lowest BCUT2D eigenvalue weighted by Crippen LogP contribution is -2.31. The molecule has 2 atom stereocenters. The average molecular weight is 219 g/mol. The summed E-state index contributed by atoms with van der Waals surface area (Å²) in [4.78, 5) is 0.433. The van der Waals surface area contributed by atoms with E-state index in [1.54, 1.807) is 0 Å². The molecular weight excluding hydrogens is 208 g/mol. The van der Waals surface area contributed by atoms with Crippen LogP contribution in [0.4, 0.5) is 0 Å². The van der Waals surface area contributed by atoms with E-state index in [2.05, 4.69) is 26.0 Å². The van der Waals surface area contributed by atoms with Gasteiger partial charge in [0.15, 0.2) is 0 Å². The van der Waals surface area contributed by atoms with Crippen molar-refractivity contribution in [3.05, 3.63) is 0 Å². The van der Waals surface area contributed by atoms with Crippen molar-refractivity contribution in [2.75, 3.05) is 19.8 Å². The summed E-state index contributed by atoms with van der Waals surface area (Å²) < 4.78 is 5.27. The number of alkyl halides is 1. The molecule has 1 saturated heterocycles. The molecule has 2 rings (SSSR count). The molecule has 0 aromatic rings. The van der Waals surface area contributed by atoms with Gasteiger partial charge in [0.05, 0.1) is 24.0 Å². The quantitative estimate of drug-likeness (QED) is 0.610. The van der Waals surface area contributed by atoms with Crippen molar-refractivity contribution >= 4 is 22.1 Å². The van der Waals surface area contributed by atoms with Gasteiger partial charge in [0.1, 0.15) is 0 Å². The van der Waals surface area contributed by atoms with Crippen LogP contribution in [0.5, 0.6) is 0 Å². The van der Waals surface area contributed by atoms with E-state index < -0.39 is 0 Å². The number of hydrogen-bond acceptors (Lipinski definition) is 3. The summed E-state index contributed by atoms with van der Waals surface area (Å²) >= 11 is 3.49. The normalized spacial score (nSPS) is 37.0. The van der Waals surface area contributed by atoms with Crippen molar-refractivity contribution < 1.29 is 4.74 Å². The molecule has 4 heteroatoms. The summed E-state index contributed by atoms with van der Waals surface area (Å²) in [6.45, 7) is 2.73. The maximum Gasteiger partial charge on any atom is 0.0726 e. The van der Waals surface area contributed by atoms with E-state index >= 15 is 0 Å². The zero-order valence-electron chi connectivity index (χ0n) is 6.24. The smallest absolute Gasteiger partial charge is 0.0726 e. The summed E-state index contributed by atoms with van der Waals surface area (Å²) in [5.41, 5.74) is 0. The van der Waals surface area contributed by atoms with E-state index in [1.807, 2.05) is 6.21 Å². The van der Waals surface area contributed by atoms with Crippen LogP contribution >= 0.6 is 15.9 Å². The Morgan fingerprint density at radius 2 is 2.55 bits per heavy atom. The Bertz CT molecular complexity index is 168. The molecular formula is C7H11BrN2O. The first-order valence-corrected chi connectivity index (χ1v) is 4.80. The molecule has 0 bridgehead atoms. The molecule has 1 fully saturated rings. The van der Waals surface area contributed by atoms with Gasteiger partial charge in [-0.25, -0.2) is 0 Å². The molecule has 3 nitrogen and oxygen atoms in total. The van der Waals surface area contributed by atoms with E-state index in [4.69, 9.17) is 4.74 Å². The van der Waals surface area contributed by atoms with E-state index in [1.165, 1.54) is 0 Å². The lowest BCUT2D eigenvalue weighted by molar-refractivity contribution is 0.154. The highest BCUT2D eigenvalue weighted by Crippen LogP contribution is 2.17. The summed E-state index contributed by atoms with van der Waals surface area (Å²) in [5, 5.41) is 6.40. The minimum atomic E-state index is 0.433. The van der Waals surface area contributed by atoms with Crippen LogP contribution in [-0.2, 0) is 4.74 Å². The fourth-order valence-corrected chi connectivity index (χ4v) is 1.83. The molecule has 2 aliphatic rings. The number of hydrazone groups is 1. The molecule has 0 N–H and O–H groups in total. The number of nitrogens with zero attached hydrogens (tertiary/aromatic N) is 2. The maximum absolute atomic E-state index is 5.27. The van der Waals surface area contributed by atoms with E-state index in [0.29, 0.717) is 10.9 Å². The lowest BCUT2D eigenvalue weighted by atomic mass is 10.2. The van der Waals surface area contributed by atoms with Gasteiger partial charge in [-0.05, 0) is 6.42 Å². The zero-order valence-corrected chi connectivity index (χ0v) is 7.83. The minimum absolute atomic E-state index is 0.433. The van der Waals surface area contributed by atoms with Gasteiger partial charge in [-0.1, -0.05) is 15.9 Å². The Balaban J connectivity index is 1.91. The summed E-state index contributed by atoms with van der Waals surface area (Å²) in [7, 11) is 0. The average Bonchev–Trinajstić information content (AvgIpc) is 2.55. The fourth-order valence-electron chi connectivity index (χ4n) is 1.43. The Hall–Kier alpha value is -0.0900. The Morgan fingerprint density at radius 3 is 3.09 bits per heavy atom. The molecule has 1 unspecified atom stereocenters. The fraction of sp³-hybridized carbons (Fsp3) is 0.857. The van der Waals surface area contributed by atoms with Gasteiger partial charge in [0.25, 0.3) is 0 Å². The molecule has 2 aliphatic heterocycles. The third-order valence-electron chi connectivity index (χ3n) is 2.07. The molecule has 0 amide bonds. The highest BCUT2D eigenvalue weighted by atomic mass is 79.9. The lowest BCUT2D eigenvalue weighted by Gasteiger charge is -2.20. The number of ether oxygens (including phenoxy) is 1. The number of rotatable bonds is 1. The Kier molecular flexibility index (Phi) is 2.13. The van der Waals surface area contributed by atoms with E-state index in [-0.39, 0.29) is 0 Å². The van der Waals surface area contributed by atoms with Crippen LogP contribution in [0.2, 0.25) is 0 Å². The van der Waals surface area contributed by atoms with E-state index in [0.717, 1.165) is 26.2 Å². The largest absolute Gasteiger partial charge is 0.379 e. The first-order chi connectivity index (χ1) is 5.36. The Labute approximate surface area is 74.5 Å². The first-order valence-electron chi connectivity index (χ1n) is 3.89. The number of halogens is 1. The molecule has 62 valence electrons. The van der Waals surface area contributed by atoms with Crippen molar-refractivity contribution in [3.8, 4) is 0 Å². The van der Waals surface area contributed by atoms with Crippen LogP contribution in [0.3, 0.4) is 0 Å². The Morgan fingerprint density at radius 1 is 1.64 bits per heavy atom. The van der Waals surface area contributed by atoms with Gasteiger partial charge < -0.3 is 4.74 Å². The second-order valence-electron chi connectivity index (χ2n) is 2.92. The highest BCUT2D eigenvalue weighted by Gasteiger charge is 2.26. The SMILES string of the molecule is BrC1C=NN([C@H]2CCOC2)C1. The number of hydrogen-bond donors (Lipinski definition) is 0. The first kappa shape index (κ1) is 7.55. The van der Waals surface area contributed by atoms with Crippen LogP contribution in [0, 0.1) is 0 Å². The van der Waals surface area contributed by atoms with Crippen LogP contribution in [0.1, 0.15) is 6.42 Å².